The Balaban J connectivity index is 1.50. The molecule has 12 heteroatoms. The van der Waals surface area contributed by atoms with E-state index in [1.165, 1.54) is 28.4 Å². The molecule has 1 aliphatic heterocycles. The van der Waals surface area contributed by atoms with Crippen LogP contribution < -0.4 is 5.32 Å². The third-order valence-corrected chi connectivity index (χ3v) is 5.47. The first-order valence-corrected chi connectivity index (χ1v) is 9.07. The van der Waals surface area contributed by atoms with E-state index < -0.39 is 29.7 Å². The van der Waals surface area contributed by atoms with Crippen LogP contribution in [-0.2, 0) is 19.1 Å². The molecule has 3 heterocycles. The summed E-state index contributed by atoms with van der Waals surface area (Å²) in [5.74, 6) is -3.86. The van der Waals surface area contributed by atoms with Crippen molar-refractivity contribution >= 4 is 23.1 Å². The third-order valence-electron chi connectivity index (χ3n) is 4.24. The lowest BCUT2D eigenvalue weighted by Gasteiger charge is -2.27. The number of thiophene rings is 1. The van der Waals surface area contributed by atoms with Gasteiger partial charge in [0.2, 0.25) is 5.82 Å². The second kappa shape index (κ2) is 7.10. The Morgan fingerprint density at radius 2 is 2.07 bits per heavy atom. The van der Waals surface area contributed by atoms with E-state index in [1.807, 2.05) is 0 Å². The molecule has 0 saturated heterocycles. The summed E-state index contributed by atoms with van der Waals surface area (Å²) in [7, 11) is 0. The smallest absolute Gasteiger partial charge is 0.329 e. The number of hydrogen-bond donors (Lipinski definition) is 1. The second-order valence-electron chi connectivity index (χ2n) is 6.18. The van der Waals surface area contributed by atoms with Crippen LogP contribution in [0.2, 0.25) is 0 Å². The molecule has 4 rings (SSSR count). The first kappa shape index (κ1) is 19.3. The maximum absolute atomic E-state index is 13.7. The van der Waals surface area contributed by atoms with Crippen molar-refractivity contribution < 1.29 is 31.3 Å². The standard InChI is InChI=1S/C17H11F5N4O2S/c18-9-2-1-3-10(13(9)19)23-16(27)26-5-4-11-8(7-26)6-12(29-11)14-24-15(28-25-14)17(20,21)22/h1-3,6H,4-5,7H2,(H,23,27). The number of anilines is 1. The summed E-state index contributed by atoms with van der Waals surface area (Å²) in [5.41, 5.74) is 0.433. The molecule has 0 saturated carbocycles. The van der Waals surface area contributed by atoms with E-state index in [-0.39, 0.29) is 18.1 Å². The molecule has 0 fully saturated rings. The molecule has 0 unspecified atom stereocenters. The van der Waals surface area contributed by atoms with Crippen molar-refractivity contribution in [2.75, 3.05) is 11.9 Å². The Labute approximate surface area is 163 Å². The van der Waals surface area contributed by atoms with Crippen LogP contribution in [0.15, 0.2) is 28.8 Å². The number of nitrogens with zero attached hydrogens (tertiary/aromatic N) is 3. The van der Waals surface area contributed by atoms with Crippen molar-refractivity contribution in [1.82, 2.24) is 15.0 Å². The van der Waals surface area contributed by atoms with Gasteiger partial charge in [-0.1, -0.05) is 11.2 Å². The maximum Gasteiger partial charge on any atom is 0.471 e. The van der Waals surface area contributed by atoms with Gasteiger partial charge in [-0.3, -0.25) is 0 Å². The van der Waals surface area contributed by atoms with Crippen molar-refractivity contribution in [2.24, 2.45) is 0 Å². The molecule has 1 N–H and O–H groups in total. The fourth-order valence-electron chi connectivity index (χ4n) is 2.85. The molecule has 2 aromatic heterocycles. The lowest BCUT2D eigenvalue weighted by Crippen LogP contribution is -2.38. The molecule has 6 nitrogen and oxygen atoms in total. The summed E-state index contributed by atoms with van der Waals surface area (Å²) in [5, 5.41) is 5.68. The Morgan fingerprint density at radius 1 is 1.28 bits per heavy atom. The highest BCUT2D eigenvalue weighted by Gasteiger charge is 2.38. The predicted molar refractivity (Wildman–Crippen MR) is 92.1 cm³/mol. The Bertz CT molecular complexity index is 1080. The van der Waals surface area contributed by atoms with Crippen LogP contribution in [0.1, 0.15) is 16.3 Å². The number of carbonyl (C=O) groups excluding carboxylic acids is 1. The van der Waals surface area contributed by atoms with E-state index >= 15 is 0 Å². The minimum absolute atomic E-state index is 0.151. The molecule has 3 aromatic rings. The van der Waals surface area contributed by atoms with Crippen molar-refractivity contribution in [3.8, 4) is 10.7 Å². The second-order valence-corrected chi connectivity index (χ2v) is 7.32. The molecule has 1 aliphatic rings. The number of alkyl halides is 3. The zero-order valence-corrected chi connectivity index (χ0v) is 15.2. The number of rotatable bonds is 2. The number of fused-ring (bicyclic) bond motifs is 1. The first-order valence-electron chi connectivity index (χ1n) is 8.25. The highest BCUT2D eigenvalue weighted by Crippen LogP contribution is 2.35. The molecule has 0 atom stereocenters. The summed E-state index contributed by atoms with van der Waals surface area (Å²) < 4.78 is 69.1. The Hall–Kier alpha value is -3.02. The number of amides is 2. The van der Waals surface area contributed by atoms with E-state index in [2.05, 4.69) is 20.0 Å². The highest BCUT2D eigenvalue weighted by atomic mass is 32.1. The van der Waals surface area contributed by atoms with Gasteiger partial charge >= 0.3 is 18.1 Å². The Kier molecular flexibility index (Phi) is 4.73. The summed E-state index contributed by atoms with van der Waals surface area (Å²) in [6.07, 6.45) is -4.29. The molecule has 0 spiro atoms. The van der Waals surface area contributed by atoms with E-state index in [4.69, 9.17) is 0 Å². The van der Waals surface area contributed by atoms with Gasteiger partial charge in [-0.2, -0.15) is 18.2 Å². The molecular weight excluding hydrogens is 419 g/mol. The van der Waals surface area contributed by atoms with Gasteiger partial charge in [0.15, 0.2) is 11.6 Å². The van der Waals surface area contributed by atoms with Gasteiger partial charge in [0.05, 0.1) is 10.6 Å². The van der Waals surface area contributed by atoms with Crippen molar-refractivity contribution in [2.45, 2.75) is 19.1 Å². The number of benzene rings is 1. The zero-order valence-electron chi connectivity index (χ0n) is 14.4. The molecule has 0 bridgehead atoms. The van der Waals surface area contributed by atoms with Crippen molar-refractivity contribution in [1.29, 1.82) is 0 Å². The molecule has 29 heavy (non-hydrogen) atoms. The van der Waals surface area contributed by atoms with Crippen LogP contribution in [0.5, 0.6) is 0 Å². The quantitative estimate of drug-likeness (QED) is 0.599. The van der Waals surface area contributed by atoms with Gasteiger partial charge in [-0.05, 0) is 30.2 Å². The number of nitrogens with one attached hydrogen (secondary N) is 1. The minimum Gasteiger partial charge on any atom is -0.329 e. The van der Waals surface area contributed by atoms with Crippen LogP contribution in [0.25, 0.3) is 10.7 Å². The normalized spacial score (nSPS) is 14.0. The van der Waals surface area contributed by atoms with E-state index in [0.29, 0.717) is 23.4 Å². The number of halogens is 5. The van der Waals surface area contributed by atoms with Gasteiger partial charge in [0.1, 0.15) is 0 Å². The van der Waals surface area contributed by atoms with Crippen LogP contribution in [-0.4, -0.2) is 27.6 Å². The average Bonchev–Trinajstić information content (AvgIpc) is 3.31. The van der Waals surface area contributed by atoms with Crippen molar-refractivity contribution in [3.63, 3.8) is 0 Å². The molecule has 0 radical (unpaired) electrons. The van der Waals surface area contributed by atoms with E-state index in [1.54, 1.807) is 6.07 Å². The van der Waals surface area contributed by atoms with Gasteiger partial charge in [-0.25, -0.2) is 13.6 Å². The minimum atomic E-state index is -4.73. The van der Waals surface area contributed by atoms with Gasteiger partial charge in [0.25, 0.3) is 0 Å². The monoisotopic (exact) mass is 430 g/mol. The largest absolute Gasteiger partial charge is 0.471 e. The average molecular weight is 430 g/mol. The van der Waals surface area contributed by atoms with Crippen LogP contribution in [0.4, 0.5) is 32.4 Å². The van der Waals surface area contributed by atoms with Crippen LogP contribution in [0.3, 0.4) is 0 Å². The number of carbonyl (C=O) groups is 1. The number of aromatic nitrogens is 2. The SMILES string of the molecule is O=C(Nc1cccc(F)c1F)N1CCc2sc(-c3noc(C(F)(F)F)n3)cc2C1. The van der Waals surface area contributed by atoms with Gasteiger partial charge in [-0.15, -0.1) is 11.3 Å². The predicted octanol–water partition coefficient (Wildman–Crippen LogP) is 4.69. The summed E-state index contributed by atoms with van der Waals surface area (Å²) in [6.45, 7) is 0.453. The fourth-order valence-corrected chi connectivity index (χ4v) is 3.94. The topological polar surface area (TPSA) is 71.3 Å². The molecular formula is C17H11F5N4O2S. The highest BCUT2D eigenvalue weighted by molar-refractivity contribution is 7.15. The summed E-state index contributed by atoms with van der Waals surface area (Å²) >= 11 is 1.21. The van der Waals surface area contributed by atoms with E-state index in [9.17, 15) is 26.7 Å². The van der Waals surface area contributed by atoms with Crippen LogP contribution >= 0.6 is 11.3 Å². The van der Waals surface area contributed by atoms with Gasteiger partial charge < -0.3 is 14.7 Å². The Morgan fingerprint density at radius 3 is 2.79 bits per heavy atom. The van der Waals surface area contributed by atoms with Gasteiger partial charge in [0, 0.05) is 18.0 Å². The molecule has 2 amide bonds. The summed E-state index contributed by atoms with van der Waals surface area (Å²) in [4.78, 5) is 18.4. The lowest BCUT2D eigenvalue weighted by molar-refractivity contribution is -0.159. The molecule has 0 aliphatic carbocycles. The van der Waals surface area contributed by atoms with E-state index in [0.717, 1.165) is 10.9 Å². The zero-order chi connectivity index (χ0) is 20.8. The number of hydrogen-bond acceptors (Lipinski definition) is 5. The van der Waals surface area contributed by atoms with Crippen molar-refractivity contribution in [3.05, 3.63) is 52.2 Å². The van der Waals surface area contributed by atoms with Crippen LogP contribution in [0, 0.1) is 11.6 Å². The number of urea groups is 1. The first-order chi connectivity index (χ1) is 13.7. The molecule has 1 aromatic carbocycles. The molecule has 152 valence electrons. The maximum atomic E-state index is 13.7. The lowest BCUT2D eigenvalue weighted by atomic mass is 10.1. The summed E-state index contributed by atoms with van der Waals surface area (Å²) in [6, 6.07) is 4.42. The fraction of sp³-hybridized carbons (Fsp3) is 0.235. The third kappa shape index (κ3) is 3.79.